The molecule has 0 radical (unpaired) electrons. The van der Waals surface area contributed by atoms with E-state index in [4.69, 9.17) is 14.6 Å². The molecule has 15 heteroatoms. The first-order valence-electron chi connectivity index (χ1n) is 22.7. The topological polar surface area (TPSA) is 133 Å². The lowest BCUT2D eigenvalue weighted by molar-refractivity contribution is -0.129. The van der Waals surface area contributed by atoms with E-state index in [2.05, 4.69) is 60.9 Å². The van der Waals surface area contributed by atoms with Crippen molar-refractivity contribution in [3.63, 3.8) is 0 Å². The number of aryl methyl sites for hydroxylation is 1. The van der Waals surface area contributed by atoms with Gasteiger partial charge in [-0.25, -0.2) is 9.78 Å². The Hall–Kier alpha value is -6.09. The van der Waals surface area contributed by atoms with Crippen LogP contribution in [0.25, 0.3) is 16.8 Å². The molecule has 0 atom stereocenters. The molecule has 2 aromatic carbocycles. The molecule has 3 fully saturated rings. The van der Waals surface area contributed by atoms with Crippen LogP contribution in [-0.2, 0) is 29.0 Å². The number of ether oxygens (including phenoxy) is 2. The highest BCUT2D eigenvalue weighted by molar-refractivity contribution is 6.06. The third kappa shape index (κ3) is 7.63. The van der Waals surface area contributed by atoms with Gasteiger partial charge in [-0.3, -0.25) is 24.5 Å². The normalized spacial score (nSPS) is 19.0. The van der Waals surface area contributed by atoms with Crippen LogP contribution in [0, 0.1) is 12.8 Å². The zero-order chi connectivity index (χ0) is 43.4. The summed E-state index contributed by atoms with van der Waals surface area (Å²) in [5.41, 5.74) is 10.7. The molecular weight excluding hydrogens is 797 g/mol. The molecule has 8 heterocycles. The predicted octanol–water partition coefficient (Wildman–Crippen LogP) is 6.51. The minimum absolute atomic E-state index is 0.0983. The predicted molar refractivity (Wildman–Crippen MR) is 242 cm³/mol. The highest BCUT2D eigenvalue weighted by atomic mass is 16.5. The molecule has 1 N–H and O–H groups in total. The summed E-state index contributed by atoms with van der Waals surface area (Å²) in [7, 11) is 3.42. The number of nitrogens with one attached hydrogen (secondary N) is 1. The van der Waals surface area contributed by atoms with Crippen LogP contribution >= 0.6 is 0 Å². The molecule has 4 amide bonds. The van der Waals surface area contributed by atoms with Crippen LogP contribution in [0.15, 0.2) is 55.0 Å². The smallest absolute Gasteiger partial charge is 0.328 e. The number of benzene rings is 2. The number of piperidine rings is 2. The van der Waals surface area contributed by atoms with Crippen LogP contribution in [0.2, 0.25) is 0 Å². The highest BCUT2D eigenvalue weighted by Crippen LogP contribution is 2.46. The van der Waals surface area contributed by atoms with Crippen molar-refractivity contribution in [3.8, 4) is 22.6 Å². The minimum atomic E-state index is -0.340. The van der Waals surface area contributed by atoms with E-state index in [1.54, 1.807) is 32.2 Å². The first kappa shape index (κ1) is 41.0. The quantitative estimate of drug-likeness (QED) is 0.175. The molecule has 3 aromatic heterocycles. The molecule has 0 bridgehead atoms. The van der Waals surface area contributed by atoms with Gasteiger partial charge in [-0.1, -0.05) is 6.07 Å². The number of carbonyl (C=O) groups is 3. The number of urea groups is 1. The van der Waals surface area contributed by atoms with Crippen LogP contribution in [-0.4, -0.2) is 113 Å². The maximum atomic E-state index is 12.8. The van der Waals surface area contributed by atoms with Gasteiger partial charge in [0.25, 0.3) is 0 Å². The summed E-state index contributed by atoms with van der Waals surface area (Å²) in [5.74, 6) is 2.99. The lowest BCUT2D eigenvalue weighted by Gasteiger charge is -2.39. The van der Waals surface area contributed by atoms with E-state index in [-0.39, 0.29) is 17.8 Å². The number of fused-ring (bicyclic) bond motifs is 3. The van der Waals surface area contributed by atoms with E-state index in [0.29, 0.717) is 38.0 Å². The van der Waals surface area contributed by atoms with Gasteiger partial charge in [-0.05, 0) is 86.8 Å². The number of nitrogens with zero attached hydrogens (tertiary/aromatic N) is 9. The van der Waals surface area contributed by atoms with Crippen molar-refractivity contribution in [2.45, 2.75) is 77.8 Å². The number of carbonyl (C=O) groups excluding carboxylic acids is 3. The Morgan fingerprint density at radius 1 is 0.841 bits per heavy atom. The summed E-state index contributed by atoms with van der Waals surface area (Å²) in [6.45, 7) is 11.4. The maximum absolute atomic E-state index is 12.8. The number of aromatic nitrogens is 4. The molecule has 0 unspecified atom stereocenters. The van der Waals surface area contributed by atoms with E-state index in [1.807, 2.05) is 33.8 Å². The van der Waals surface area contributed by atoms with Crippen molar-refractivity contribution in [2.24, 2.45) is 5.92 Å². The summed E-state index contributed by atoms with van der Waals surface area (Å²) in [4.78, 5) is 52.9. The average molecular weight is 855 g/mol. The van der Waals surface area contributed by atoms with Crippen molar-refractivity contribution < 1.29 is 23.9 Å². The van der Waals surface area contributed by atoms with Crippen LogP contribution < -0.4 is 29.5 Å². The molecule has 330 valence electrons. The van der Waals surface area contributed by atoms with E-state index in [9.17, 15) is 14.4 Å². The second-order valence-electron chi connectivity index (χ2n) is 17.9. The zero-order valence-corrected chi connectivity index (χ0v) is 36.9. The number of likely N-dealkylation sites (tertiary alicyclic amines) is 1. The van der Waals surface area contributed by atoms with Crippen LogP contribution in [0.1, 0.15) is 73.9 Å². The number of imidazole rings is 1. The average Bonchev–Trinajstić information content (AvgIpc) is 3.93. The molecule has 5 aliphatic rings. The van der Waals surface area contributed by atoms with Crippen molar-refractivity contribution in [1.29, 1.82) is 0 Å². The number of rotatable bonds is 9. The van der Waals surface area contributed by atoms with Gasteiger partial charge < -0.3 is 33.5 Å². The molecule has 5 aromatic rings. The Kier molecular flexibility index (Phi) is 11.0. The van der Waals surface area contributed by atoms with E-state index in [1.165, 1.54) is 22.5 Å². The van der Waals surface area contributed by atoms with Crippen molar-refractivity contribution in [1.82, 2.24) is 34.3 Å². The molecular formula is C48H58N10O5. The number of hydrogen-bond acceptors (Lipinski definition) is 10. The lowest BCUT2D eigenvalue weighted by Crippen LogP contribution is -2.50. The first-order chi connectivity index (χ1) is 30.7. The SMILES string of the molecule is COc1cc2c(cc1-c1cc3nccn3cc1OC)CCCN2c1nn(C2CCN(CC3CCN(c4cccc(N5CCC(=O)NC5=O)c4C)CC3)CC2)c2c1CN(C(C)=O)CC2. The fourth-order valence-electron chi connectivity index (χ4n) is 10.9. The van der Waals surface area contributed by atoms with Gasteiger partial charge in [0, 0.05) is 124 Å². The summed E-state index contributed by atoms with van der Waals surface area (Å²) in [6.07, 6.45) is 13.0. The zero-order valence-electron chi connectivity index (χ0n) is 36.9. The summed E-state index contributed by atoms with van der Waals surface area (Å²) >= 11 is 0. The number of anilines is 4. The Morgan fingerprint density at radius 2 is 1.62 bits per heavy atom. The molecule has 63 heavy (non-hydrogen) atoms. The Labute approximate surface area is 368 Å². The third-order valence-corrected chi connectivity index (χ3v) is 14.3. The fourth-order valence-corrected chi connectivity index (χ4v) is 10.9. The minimum Gasteiger partial charge on any atom is -0.496 e. The van der Waals surface area contributed by atoms with E-state index >= 15 is 0 Å². The number of amides is 4. The molecule has 0 aliphatic carbocycles. The van der Waals surface area contributed by atoms with Gasteiger partial charge in [0.15, 0.2) is 5.82 Å². The summed E-state index contributed by atoms with van der Waals surface area (Å²) in [5, 5.41) is 7.98. The first-order valence-corrected chi connectivity index (χ1v) is 22.7. The third-order valence-electron chi connectivity index (χ3n) is 14.3. The second kappa shape index (κ2) is 16.9. The molecule has 3 saturated heterocycles. The van der Waals surface area contributed by atoms with Gasteiger partial charge in [0.05, 0.1) is 38.7 Å². The van der Waals surface area contributed by atoms with Crippen molar-refractivity contribution in [3.05, 3.63) is 77.4 Å². The fraction of sp³-hybridized carbons (Fsp3) is 0.479. The molecule has 0 spiro atoms. The molecule has 15 nitrogen and oxygen atoms in total. The van der Waals surface area contributed by atoms with Crippen LogP contribution in [0.5, 0.6) is 11.5 Å². The summed E-state index contributed by atoms with van der Waals surface area (Å²) in [6, 6.07) is 12.6. The van der Waals surface area contributed by atoms with Crippen molar-refractivity contribution in [2.75, 3.05) is 81.3 Å². The van der Waals surface area contributed by atoms with Gasteiger partial charge in [-0.15, -0.1) is 0 Å². The highest BCUT2D eigenvalue weighted by Gasteiger charge is 2.35. The molecule has 0 saturated carbocycles. The summed E-state index contributed by atoms with van der Waals surface area (Å²) < 4.78 is 16.3. The Balaban J connectivity index is 0.842. The van der Waals surface area contributed by atoms with Crippen LogP contribution in [0.3, 0.4) is 0 Å². The number of hydrogen-bond donors (Lipinski definition) is 1. The molecule has 10 rings (SSSR count). The standard InChI is InChI=1S/C48H58N10O5/c1-31-39(8-5-9-40(31)57-23-15-46(60)50-48(57)61)53-20-10-33(11-21-53)28-52-18-12-35(13-19-52)58-41-14-22-54(32(2)59)29-38(41)47(51-58)56-17-6-7-34-25-36(43(62-3)27-42(34)56)37-26-45-49-16-24-55(45)30-44(37)63-4/h5,8-9,16,24-27,30,33,35H,6-7,10-15,17-23,28-29H2,1-4H3,(H,50,60,61). The van der Waals surface area contributed by atoms with Crippen LogP contribution in [0.4, 0.5) is 27.7 Å². The molecule has 5 aliphatic heterocycles. The van der Waals surface area contributed by atoms with Gasteiger partial charge in [0.1, 0.15) is 17.1 Å². The Morgan fingerprint density at radius 3 is 2.38 bits per heavy atom. The number of methoxy groups -OCH3 is 2. The van der Waals surface area contributed by atoms with Gasteiger partial charge in [0.2, 0.25) is 11.8 Å². The number of imide groups is 1. The maximum Gasteiger partial charge on any atom is 0.328 e. The monoisotopic (exact) mass is 854 g/mol. The van der Waals surface area contributed by atoms with Crippen molar-refractivity contribution >= 4 is 46.4 Å². The second-order valence-corrected chi connectivity index (χ2v) is 17.9. The lowest BCUT2D eigenvalue weighted by atomic mass is 9.93. The Bertz CT molecular complexity index is 2570. The number of pyridine rings is 1. The van der Waals surface area contributed by atoms with Gasteiger partial charge in [-0.2, -0.15) is 5.10 Å². The van der Waals surface area contributed by atoms with Gasteiger partial charge >= 0.3 is 6.03 Å². The van der Waals surface area contributed by atoms with E-state index in [0.717, 1.165) is 135 Å². The largest absolute Gasteiger partial charge is 0.496 e. The van der Waals surface area contributed by atoms with E-state index < -0.39 is 0 Å².